The lowest BCUT2D eigenvalue weighted by atomic mass is 10.1. The van der Waals surface area contributed by atoms with Gasteiger partial charge in [-0.2, -0.15) is 0 Å². The van der Waals surface area contributed by atoms with Crippen LogP contribution in [-0.2, 0) is 13.2 Å². The molecule has 3 aromatic rings. The lowest BCUT2D eigenvalue weighted by Crippen LogP contribution is -2.03. The summed E-state index contributed by atoms with van der Waals surface area (Å²) in [6.07, 6.45) is 3.69. The predicted molar refractivity (Wildman–Crippen MR) is 81.4 cm³/mol. The number of hydrogen-bond donors (Lipinski definition) is 2. The number of nitrogens with zero attached hydrogens (tertiary/aromatic N) is 1. The molecule has 0 amide bonds. The minimum absolute atomic E-state index is 0.0443. The predicted octanol–water partition coefficient (Wildman–Crippen LogP) is 3.34. The van der Waals surface area contributed by atoms with Gasteiger partial charge in [0.25, 0.3) is 0 Å². The summed E-state index contributed by atoms with van der Waals surface area (Å²) in [4.78, 5) is 4.15. The lowest BCUT2D eigenvalue weighted by molar-refractivity contribution is 0.282. The Morgan fingerprint density at radius 1 is 0.950 bits per heavy atom. The van der Waals surface area contributed by atoms with E-state index >= 15 is 0 Å². The first-order chi connectivity index (χ1) is 9.88. The molecule has 0 aliphatic rings. The number of aliphatic hydroxyl groups excluding tert-OH is 1. The van der Waals surface area contributed by atoms with Gasteiger partial charge < -0.3 is 10.4 Å². The van der Waals surface area contributed by atoms with Crippen LogP contribution < -0.4 is 5.32 Å². The van der Waals surface area contributed by atoms with Crippen molar-refractivity contribution in [2.45, 2.75) is 13.2 Å². The molecule has 2 aromatic carbocycles. The number of fused-ring (bicyclic) bond motifs is 1. The van der Waals surface area contributed by atoms with Gasteiger partial charge in [0.05, 0.1) is 6.61 Å². The molecule has 0 atom stereocenters. The van der Waals surface area contributed by atoms with Gasteiger partial charge in [0, 0.05) is 35.6 Å². The van der Waals surface area contributed by atoms with Gasteiger partial charge in [-0.05, 0) is 23.1 Å². The van der Waals surface area contributed by atoms with E-state index in [2.05, 4.69) is 22.4 Å². The quantitative estimate of drug-likeness (QED) is 0.759. The number of anilines is 1. The maximum atomic E-state index is 9.34. The first-order valence-electron chi connectivity index (χ1n) is 6.63. The molecule has 0 saturated carbocycles. The largest absolute Gasteiger partial charge is 0.392 e. The second-order valence-corrected chi connectivity index (χ2v) is 4.68. The van der Waals surface area contributed by atoms with Crippen LogP contribution in [0.4, 0.5) is 5.69 Å². The van der Waals surface area contributed by atoms with E-state index in [-0.39, 0.29) is 6.61 Å². The number of hydrogen-bond acceptors (Lipinski definition) is 3. The maximum Gasteiger partial charge on any atom is 0.0701 e. The minimum atomic E-state index is 0.0443. The van der Waals surface area contributed by atoms with E-state index in [1.165, 1.54) is 10.9 Å². The van der Waals surface area contributed by atoms with Gasteiger partial charge in [0.2, 0.25) is 0 Å². The van der Waals surface area contributed by atoms with Crippen LogP contribution in [0.15, 0.2) is 60.9 Å². The molecular weight excluding hydrogens is 248 g/mol. The molecule has 1 aromatic heterocycles. The highest BCUT2D eigenvalue weighted by Crippen LogP contribution is 2.20. The van der Waals surface area contributed by atoms with Gasteiger partial charge in [0.15, 0.2) is 0 Å². The second-order valence-electron chi connectivity index (χ2n) is 4.68. The number of nitrogens with one attached hydrogen (secondary N) is 1. The van der Waals surface area contributed by atoms with Crippen molar-refractivity contribution in [3.63, 3.8) is 0 Å². The number of rotatable bonds is 4. The van der Waals surface area contributed by atoms with Crippen LogP contribution in [-0.4, -0.2) is 10.1 Å². The zero-order valence-corrected chi connectivity index (χ0v) is 11.1. The Kier molecular flexibility index (Phi) is 3.61. The van der Waals surface area contributed by atoms with Gasteiger partial charge in [0.1, 0.15) is 0 Å². The van der Waals surface area contributed by atoms with E-state index in [4.69, 9.17) is 0 Å². The van der Waals surface area contributed by atoms with Crippen LogP contribution in [0.25, 0.3) is 10.8 Å². The molecule has 0 aliphatic heterocycles. The fraction of sp³-hybridized carbons (Fsp3) is 0.118. The highest BCUT2D eigenvalue weighted by atomic mass is 16.3. The van der Waals surface area contributed by atoms with E-state index in [1.54, 1.807) is 0 Å². The number of pyridine rings is 1. The van der Waals surface area contributed by atoms with Crippen molar-refractivity contribution in [2.75, 3.05) is 5.32 Å². The molecule has 2 N–H and O–H groups in total. The molecule has 0 radical (unpaired) electrons. The first kappa shape index (κ1) is 12.6. The maximum absolute atomic E-state index is 9.34. The molecule has 100 valence electrons. The number of aromatic nitrogens is 1. The summed E-state index contributed by atoms with van der Waals surface area (Å²) in [5.41, 5.74) is 3.10. The Bertz CT molecular complexity index is 720. The molecule has 3 heteroatoms. The number of benzene rings is 2. The van der Waals surface area contributed by atoms with E-state index in [0.29, 0.717) is 0 Å². The molecule has 1 heterocycles. The van der Waals surface area contributed by atoms with Crippen molar-refractivity contribution in [2.24, 2.45) is 0 Å². The van der Waals surface area contributed by atoms with Crippen LogP contribution in [0.2, 0.25) is 0 Å². The monoisotopic (exact) mass is 264 g/mol. The third-order valence-corrected chi connectivity index (χ3v) is 3.43. The van der Waals surface area contributed by atoms with Gasteiger partial charge >= 0.3 is 0 Å². The minimum Gasteiger partial charge on any atom is -0.392 e. The normalized spacial score (nSPS) is 10.7. The standard InChI is InChI=1S/C17H16N2O/c20-12-15-4-1-2-7-17(15)19-11-14-6-3-5-13-10-18-9-8-16(13)14/h1-10,19-20H,11-12H2. The molecular formula is C17H16N2O. The average Bonchev–Trinajstić information content (AvgIpc) is 2.53. The lowest BCUT2D eigenvalue weighted by Gasteiger charge is -2.12. The van der Waals surface area contributed by atoms with Crippen molar-refractivity contribution in [1.82, 2.24) is 4.98 Å². The molecule has 0 saturated heterocycles. The third-order valence-electron chi connectivity index (χ3n) is 3.43. The summed E-state index contributed by atoms with van der Waals surface area (Å²) in [5.74, 6) is 0. The molecule has 3 rings (SSSR count). The Morgan fingerprint density at radius 2 is 1.80 bits per heavy atom. The second kappa shape index (κ2) is 5.72. The molecule has 0 fully saturated rings. The van der Waals surface area contributed by atoms with Gasteiger partial charge in [-0.3, -0.25) is 4.98 Å². The van der Waals surface area contributed by atoms with Crippen LogP contribution in [0.1, 0.15) is 11.1 Å². The van der Waals surface area contributed by atoms with Gasteiger partial charge in [-0.25, -0.2) is 0 Å². The Morgan fingerprint density at radius 3 is 2.70 bits per heavy atom. The van der Waals surface area contributed by atoms with Crippen molar-refractivity contribution >= 4 is 16.5 Å². The summed E-state index contributed by atoms with van der Waals surface area (Å²) in [5, 5.41) is 15.1. The van der Waals surface area contributed by atoms with Gasteiger partial charge in [-0.1, -0.05) is 36.4 Å². The van der Waals surface area contributed by atoms with Crippen molar-refractivity contribution < 1.29 is 5.11 Å². The highest BCUT2D eigenvalue weighted by molar-refractivity contribution is 5.84. The van der Waals surface area contributed by atoms with Crippen molar-refractivity contribution in [3.8, 4) is 0 Å². The van der Waals surface area contributed by atoms with E-state index in [1.807, 2.05) is 48.8 Å². The van der Waals surface area contributed by atoms with E-state index in [0.717, 1.165) is 23.2 Å². The van der Waals surface area contributed by atoms with E-state index < -0.39 is 0 Å². The van der Waals surface area contributed by atoms with Crippen LogP contribution in [0, 0.1) is 0 Å². The topological polar surface area (TPSA) is 45.1 Å². The van der Waals surface area contributed by atoms with Crippen molar-refractivity contribution in [3.05, 3.63) is 72.1 Å². The fourth-order valence-electron chi connectivity index (χ4n) is 2.36. The SMILES string of the molecule is OCc1ccccc1NCc1cccc2cnccc12. The molecule has 0 unspecified atom stereocenters. The van der Waals surface area contributed by atoms with E-state index in [9.17, 15) is 5.11 Å². The molecule has 0 spiro atoms. The highest BCUT2D eigenvalue weighted by Gasteiger charge is 2.03. The number of aliphatic hydroxyl groups is 1. The van der Waals surface area contributed by atoms with Crippen LogP contribution >= 0.6 is 0 Å². The zero-order valence-electron chi connectivity index (χ0n) is 11.1. The average molecular weight is 264 g/mol. The Labute approximate surface area is 117 Å². The Balaban J connectivity index is 1.87. The van der Waals surface area contributed by atoms with Gasteiger partial charge in [-0.15, -0.1) is 0 Å². The van der Waals surface area contributed by atoms with Crippen LogP contribution in [0.5, 0.6) is 0 Å². The molecule has 0 aliphatic carbocycles. The van der Waals surface area contributed by atoms with Crippen LogP contribution in [0.3, 0.4) is 0 Å². The fourth-order valence-corrected chi connectivity index (χ4v) is 2.36. The first-order valence-corrected chi connectivity index (χ1v) is 6.63. The Hall–Kier alpha value is -2.39. The summed E-state index contributed by atoms with van der Waals surface area (Å²) in [6, 6.07) is 16.1. The third kappa shape index (κ3) is 2.49. The van der Waals surface area contributed by atoms with Crippen molar-refractivity contribution in [1.29, 1.82) is 0 Å². The summed E-state index contributed by atoms with van der Waals surface area (Å²) in [7, 11) is 0. The summed E-state index contributed by atoms with van der Waals surface area (Å²) in [6.45, 7) is 0.765. The summed E-state index contributed by atoms with van der Waals surface area (Å²) < 4.78 is 0. The molecule has 3 nitrogen and oxygen atoms in total. The smallest absolute Gasteiger partial charge is 0.0701 e. The molecule has 0 bridgehead atoms. The summed E-state index contributed by atoms with van der Waals surface area (Å²) >= 11 is 0. The zero-order chi connectivity index (χ0) is 13.8. The number of para-hydroxylation sites is 1. The molecule has 20 heavy (non-hydrogen) atoms.